The Kier molecular flexibility index (Phi) is 2.99. The molecule has 1 N–H and O–H groups in total. The summed E-state index contributed by atoms with van der Waals surface area (Å²) in [5.41, 5.74) is 0.757. The standard InChI is InChI=1S/C12H15ClN4/c13-10-4-2-6-17-12(10)15-11(16-17)7-9-3-1-5-14-8-9/h2,4,6,9,14H,1,3,5,7-8H2. The fourth-order valence-corrected chi connectivity index (χ4v) is 2.56. The van der Waals surface area contributed by atoms with Gasteiger partial charge in [-0.1, -0.05) is 11.6 Å². The molecule has 0 spiro atoms. The predicted octanol–water partition coefficient (Wildman–Crippen LogP) is 1.92. The van der Waals surface area contributed by atoms with E-state index >= 15 is 0 Å². The zero-order valence-electron chi connectivity index (χ0n) is 9.56. The van der Waals surface area contributed by atoms with Crippen LogP contribution in [0.5, 0.6) is 0 Å². The number of nitrogens with one attached hydrogen (secondary N) is 1. The van der Waals surface area contributed by atoms with Crippen LogP contribution in [0.4, 0.5) is 0 Å². The van der Waals surface area contributed by atoms with Crippen LogP contribution >= 0.6 is 11.6 Å². The van der Waals surface area contributed by atoms with Gasteiger partial charge < -0.3 is 5.32 Å². The summed E-state index contributed by atoms with van der Waals surface area (Å²) in [4.78, 5) is 4.50. The van der Waals surface area contributed by atoms with Gasteiger partial charge in [0.05, 0.1) is 5.02 Å². The first-order valence-electron chi connectivity index (χ1n) is 6.03. The van der Waals surface area contributed by atoms with Crippen LogP contribution in [-0.4, -0.2) is 27.7 Å². The van der Waals surface area contributed by atoms with E-state index in [1.165, 1.54) is 12.8 Å². The van der Waals surface area contributed by atoms with Gasteiger partial charge in [0.1, 0.15) is 0 Å². The molecule has 17 heavy (non-hydrogen) atoms. The number of hydrogen-bond donors (Lipinski definition) is 1. The fourth-order valence-electron chi connectivity index (χ4n) is 2.36. The highest BCUT2D eigenvalue weighted by Crippen LogP contribution is 2.18. The SMILES string of the molecule is Clc1cccn2nc(CC3CCCNC3)nc12. The second-order valence-corrected chi connectivity index (χ2v) is 4.98. The minimum atomic E-state index is 0.653. The molecule has 0 aliphatic carbocycles. The van der Waals surface area contributed by atoms with Crippen molar-refractivity contribution in [3.8, 4) is 0 Å². The molecule has 2 aromatic rings. The Morgan fingerprint density at radius 3 is 3.24 bits per heavy atom. The maximum atomic E-state index is 6.08. The van der Waals surface area contributed by atoms with Crippen molar-refractivity contribution < 1.29 is 0 Å². The highest BCUT2D eigenvalue weighted by molar-refractivity contribution is 6.33. The monoisotopic (exact) mass is 250 g/mol. The molecule has 1 unspecified atom stereocenters. The smallest absolute Gasteiger partial charge is 0.174 e. The Hall–Kier alpha value is -1.13. The van der Waals surface area contributed by atoms with Crippen LogP contribution in [0.2, 0.25) is 5.02 Å². The Bertz CT molecular complexity index is 516. The summed E-state index contributed by atoms with van der Waals surface area (Å²) in [6.45, 7) is 2.21. The summed E-state index contributed by atoms with van der Waals surface area (Å²) in [5, 5.41) is 8.53. The summed E-state index contributed by atoms with van der Waals surface area (Å²) in [7, 11) is 0. The number of pyridine rings is 1. The number of aromatic nitrogens is 3. The molecule has 0 bridgehead atoms. The zero-order chi connectivity index (χ0) is 11.7. The van der Waals surface area contributed by atoms with Gasteiger partial charge in [-0.25, -0.2) is 9.50 Å². The van der Waals surface area contributed by atoms with Crippen LogP contribution in [0.25, 0.3) is 5.65 Å². The Morgan fingerprint density at radius 1 is 1.53 bits per heavy atom. The quantitative estimate of drug-likeness (QED) is 0.886. The van der Waals surface area contributed by atoms with Gasteiger partial charge in [0, 0.05) is 12.6 Å². The lowest BCUT2D eigenvalue weighted by atomic mass is 9.96. The molecule has 90 valence electrons. The second-order valence-electron chi connectivity index (χ2n) is 4.57. The van der Waals surface area contributed by atoms with E-state index in [9.17, 15) is 0 Å². The van der Waals surface area contributed by atoms with Gasteiger partial charge in [-0.15, -0.1) is 0 Å². The van der Waals surface area contributed by atoms with Crippen molar-refractivity contribution in [1.82, 2.24) is 19.9 Å². The first-order valence-corrected chi connectivity index (χ1v) is 6.41. The van der Waals surface area contributed by atoms with Gasteiger partial charge >= 0.3 is 0 Å². The zero-order valence-corrected chi connectivity index (χ0v) is 10.3. The molecular weight excluding hydrogens is 236 g/mol. The minimum absolute atomic E-state index is 0.653. The highest BCUT2D eigenvalue weighted by Gasteiger charge is 2.16. The molecule has 3 heterocycles. The van der Waals surface area contributed by atoms with E-state index in [0.29, 0.717) is 10.9 Å². The Balaban J connectivity index is 1.83. The molecule has 1 fully saturated rings. The minimum Gasteiger partial charge on any atom is -0.316 e. The molecule has 0 radical (unpaired) electrons. The van der Waals surface area contributed by atoms with Crippen LogP contribution in [0, 0.1) is 5.92 Å². The molecular formula is C12H15ClN4. The summed E-state index contributed by atoms with van der Waals surface area (Å²) in [5.74, 6) is 1.55. The summed E-state index contributed by atoms with van der Waals surface area (Å²) >= 11 is 6.08. The topological polar surface area (TPSA) is 42.2 Å². The van der Waals surface area contributed by atoms with Gasteiger partial charge in [0.15, 0.2) is 11.5 Å². The number of hydrogen-bond acceptors (Lipinski definition) is 3. The van der Waals surface area contributed by atoms with Crippen molar-refractivity contribution in [2.45, 2.75) is 19.3 Å². The number of nitrogens with zero attached hydrogens (tertiary/aromatic N) is 3. The number of halogens is 1. The fraction of sp³-hybridized carbons (Fsp3) is 0.500. The third-order valence-corrected chi connectivity index (χ3v) is 3.52. The Morgan fingerprint density at radius 2 is 2.47 bits per heavy atom. The average molecular weight is 251 g/mol. The maximum Gasteiger partial charge on any atom is 0.174 e. The molecule has 0 aromatic carbocycles. The third kappa shape index (κ3) is 2.28. The molecule has 5 heteroatoms. The second kappa shape index (κ2) is 4.63. The lowest BCUT2D eigenvalue weighted by Crippen LogP contribution is -2.31. The number of fused-ring (bicyclic) bond motifs is 1. The Labute approximate surface area is 105 Å². The summed E-state index contributed by atoms with van der Waals surface area (Å²) in [6, 6.07) is 3.73. The average Bonchev–Trinajstić information content (AvgIpc) is 2.74. The van der Waals surface area contributed by atoms with Crippen LogP contribution in [0.15, 0.2) is 18.3 Å². The van der Waals surface area contributed by atoms with Crippen molar-refractivity contribution in [2.24, 2.45) is 5.92 Å². The summed E-state index contributed by atoms with van der Waals surface area (Å²) in [6.07, 6.45) is 5.33. The first kappa shape index (κ1) is 11.0. The first-order chi connectivity index (χ1) is 8.33. The van der Waals surface area contributed by atoms with E-state index < -0.39 is 0 Å². The molecule has 1 atom stereocenters. The van der Waals surface area contributed by atoms with Crippen LogP contribution in [0.1, 0.15) is 18.7 Å². The van der Waals surface area contributed by atoms with Gasteiger partial charge in [-0.2, -0.15) is 5.10 Å². The third-order valence-electron chi connectivity index (χ3n) is 3.23. The van der Waals surface area contributed by atoms with Crippen molar-refractivity contribution in [3.63, 3.8) is 0 Å². The predicted molar refractivity (Wildman–Crippen MR) is 67.3 cm³/mol. The molecule has 1 aliphatic heterocycles. The molecule has 0 amide bonds. The van der Waals surface area contributed by atoms with E-state index in [1.807, 2.05) is 18.3 Å². The van der Waals surface area contributed by atoms with E-state index in [2.05, 4.69) is 15.4 Å². The maximum absolute atomic E-state index is 6.08. The van der Waals surface area contributed by atoms with E-state index in [1.54, 1.807) is 4.52 Å². The van der Waals surface area contributed by atoms with Crippen LogP contribution in [-0.2, 0) is 6.42 Å². The van der Waals surface area contributed by atoms with Crippen molar-refractivity contribution in [2.75, 3.05) is 13.1 Å². The van der Waals surface area contributed by atoms with Crippen LogP contribution < -0.4 is 5.32 Å². The molecule has 3 rings (SSSR count). The molecule has 2 aromatic heterocycles. The lowest BCUT2D eigenvalue weighted by Gasteiger charge is -2.21. The van der Waals surface area contributed by atoms with Gasteiger partial charge in [-0.05, 0) is 44.0 Å². The van der Waals surface area contributed by atoms with Crippen LogP contribution in [0.3, 0.4) is 0 Å². The largest absolute Gasteiger partial charge is 0.316 e. The lowest BCUT2D eigenvalue weighted by molar-refractivity contribution is 0.371. The van der Waals surface area contributed by atoms with Gasteiger partial charge in [0.25, 0.3) is 0 Å². The van der Waals surface area contributed by atoms with Crippen molar-refractivity contribution in [3.05, 3.63) is 29.2 Å². The van der Waals surface area contributed by atoms with E-state index in [4.69, 9.17) is 11.6 Å². The van der Waals surface area contributed by atoms with Gasteiger partial charge in [0.2, 0.25) is 0 Å². The molecule has 4 nitrogen and oxygen atoms in total. The normalized spacial score (nSPS) is 20.9. The molecule has 1 saturated heterocycles. The van der Waals surface area contributed by atoms with Gasteiger partial charge in [-0.3, -0.25) is 0 Å². The van der Waals surface area contributed by atoms with Crippen molar-refractivity contribution >= 4 is 17.2 Å². The molecule has 0 saturated carbocycles. The van der Waals surface area contributed by atoms with Crippen molar-refractivity contribution in [1.29, 1.82) is 0 Å². The highest BCUT2D eigenvalue weighted by atomic mass is 35.5. The van der Waals surface area contributed by atoms with E-state index in [0.717, 1.165) is 31.0 Å². The number of piperidine rings is 1. The van der Waals surface area contributed by atoms with E-state index in [-0.39, 0.29) is 0 Å². The number of rotatable bonds is 2. The summed E-state index contributed by atoms with van der Waals surface area (Å²) < 4.78 is 1.76. The molecule has 1 aliphatic rings.